The van der Waals surface area contributed by atoms with Gasteiger partial charge in [-0.15, -0.1) is 0 Å². The molecule has 1 aliphatic heterocycles. The molecule has 0 aromatic heterocycles. The Morgan fingerprint density at radius 2 is 1.57 bits per heavy atom. The number of carbonyl (C=O) groups excluding carboxylic acids is 1. The zero-order valence-electron chi connectivity index (χ0n) is 16.0. The van der Waals surface area contributed by atoms with Gasteiger partial charge in [-0.3, -0.25) is 4.79 Å². The highest BCUT2D eigenvalue weighted by molar-refractivity contribution is 7.89. The molecule has 1 aliphatic rings. The summed E-state index contributed by atoms with van der Waals surface area (Å²) in [5.41, 5.74) is 0.694. The lowest BCUT2D eigenvalue weighted by atomic mass is 10.2. The Hall–Kier alpha value is -1.98. The summed E-state index contributed by atoms with van der Waals surface area (Å²) in [6.45, 7) is 1.02. The first-order valence-electron chi connectivity index (χ1n) is 9.29. The van der Waals surface area contributed by atoms with Crippen LogP contribution in [-0.4, -0.2) is 40.1 Å². The van der Waals surface area contributed by atoms with E-state index in [1.807, 2.05) is 0 Å². The minimum Gasteiger partial charge on any atom is -0.348 e. The second kappa shape index (κ2) is 9.03. The Kier molecular flexibility index (Phi) is 6.83. The molecule has 0 unspecified atom stereocenters. The van der Waals surface area contributed by atoms with E-state index in [0.29, 0.717) is 18.7 Å². The summed E-state index contributed by atoms with van der Waals surface area (Å²) in [5.74, 6) is -0.536. The number of halogens is 1. The number of piperidine rings is 1. The van der Waals surface area contributed by atoms with Crippen LogP contribution in [0.25, 0.3) is 0 Å². The van der Waals surface area contributed by atoms with Crippen molar-refractivity contribution in [1.29, 1.82) is 0 Å². The molecule has 0 bridgehead atoms. The number of amides is 1. The number of nitrogens with zero attached hydrogens (tertiary/aromatic N) is 1. The summed E-state index contributed by atoms with van der Waals surface area (Å²) in [6.07, 6.45) is 2.62. The van der Waals surface area contributed by atoms with Crippen molar-refractivity contribution in [2.75, 3.05) is 13.1 Å². The van der Waals surface area contributed by atoms with Crippen LogP contribution in [0.2, 0.25) is 5.02 Å². The van der Waals surface area contributed by atoms with Gasteiger partial charge in [-0.2, -0.15) is 4.31 Å². The highest BCUT2D eigenvalue weighted by atomic mass is 35.5. The lowest BCUT2D eigenvalue weighted by molar-refractivity contribution is 0.0951. The van der Waals surface area contributed by atoms with Crippen LogP contribution in [0.1, 0.15) is 35.2 Å². The number of nitrogens with two attached hydrogens (primary N) is 1. The molecule has 30 heavy (non-hydrogen) atoms. The van der Waals surface area contributed by atoms with E-state index in [1.54, 1.807) is 0 Å². The van der Waals surface area contributed by atoms with Crippen molar-refractivity contribution in [1.82, 2.24) is 9.62 Å². The predicted octanol–water partition coefficient (Wildman–Crippen LogP) is 2.09. The first kappa shape index (κ1) is 22.7. The average molecular weight is 472 g/mol. The minimum atomic E-state index is -3.79. The Bertz CT molecular complexity index is 1140. The molecular weight excluding hydrogens is 450 g/mol. The number of hydrogen-bond donors (Lipinski definition) is 2. The average Bonchev–Trinajstić information content (AvgIpc) is 2.72. The van der Waals surface area contributed by atoms with Crippen molar-refractivity contribution in [2.45, 2.75) is 35.6 Å². The molecule has 0 aliphatic carbocycles. The molecule has 2 aromatic carbocycles. The van der Waals surface area contributed by atoms with Crippen molar-refractivity contribution < 1.29 is 21.6 Å². The minimum absolute atomic E-state index is 0.0245. The Labute approximate surface area is 181 Å². The number of carbonyl (C=O) groups is 1. The third-order valence-electron chi connectivity index (χ3n) is 4.84. The number of nitrogens with one attached hydrogen (secondary N) is 1. The van der Waals surface area contributed by atoms with Gasteiger partial charge in [-0.1, -0.05) is 30.2 Å². The molecule has 0 spiro atoms. The molecule has 162 valence electrons. The maximum atomic E-state index is 12.9. The van der Waals surface area contributed by atoms with E-state index in [1.165, 1.54) is 46.8 Å². The highest BCUT2D eigenvalue weighted by Gasteiger charge is 2.27. The van der Waals surface area contributed by atoms with Gasteiger partial charge in [0.2, 0.25) is 20.0 Å². The SMILES string of the molecule is NS(=O)(=O)c1ccc(CNC(=O)c2cc(S(=O)(=O)N3CCCCC3)ccc2Cl)cc1. The van der Waals surface area contributed by atoms with E-state index in [0.717, 1.165) is 19.3 Å². The summed E-state index contributed by atoms with van der Waals surface area (Å²) < 4.78 is 49.7. The third kappa shape index (κ3) is 5.19. The van der Waals surface area contributed by atoms with E-state index in [4.69, 9.17) is 16.7 Å². The number of primary sulfonamides is 1. The highest BCUT2D eigenvalue weighted by Crippen LogP contribution is 2.25. The van der Waals surface area contributed by atoms with Crippen LogP contribution < -0.4 is 10.5 Å². The topological polar surface area (TPSA) is 127 Å². The molecule has 11 heteroatoms. The fourth-order valence-corrected chi connectivity index (χ4v) is 5.43. The van der Waals surface area contributed by atoms with E-state index in [9.17, 15) is 21.6 Å². The normalized spacial score (nSPS) is 15.7. The number of sulfonamides is 2. The first-order chi connectivity index (χ1) is 14.1. The fourth-order valence-electron chi connectivity index (χ4n) is 3.17. The molecule has 0 atom stereocenters. The Morgan fingerprint density at radius 1 is 0.967 bits per heavy atom. The third-order valence-corrected chi connectivity index (χ3v) is 7.99. The molecule has 1 amide bonds. The Morgan fingerprint density at radius 3 is 2.17 bits per heavy atom. The molecular formula is C19H22ClN3O5S2. The van der Waals surface area contributed by atoms with Gasteiger partial charge in [0.05, 0.1) is 20.4 Å². The van der Waals surface area contributed by atoms with Gasteiger partial charge in [0.1, 0.15) is 0 Å². The van der Waals surface area contributed by atoms with Crippen molar-refractivity contribution in [3.63, 3.8) is 0 Å². The van der Waals surface area contributed by atoms with Gasteiger partial charge in [0, 0.05) is 19.6 Å². The van der Waals surface area contributed by atoms with E-state index < -0.39 is 26.0 Å². The van der Waals surface area contributed by atoms with Gasteiger partial charge in [0.25, 0.3) is 5.91 Å². The summed E-state index contributed by atoms with van der Waals surface area (Å²) in [4.78, 5) is 12.6. The van der Waals surface area contributed by atoms with E-state index in [-0.39, 0.29) is 26.9 Å². The summed E-state index contributed by atoms with van der Waals surface area (Å²) >= 11 is 6.13. The summed E-state index contributed by atoms with van der Waals surface area (Å²) in [5, 5.41) is 7.85. The standard InChI is InChI=1S/C19H22ClN3O5S2/c20-18-9-8-16(30(27,28)23-10-2-1-3-11-23)12-17(18)19(24)22-13-14-4-6-15(7-5-14)29(21,25)26/h4-9,12H,1-3,10-11,13H2,(H,22,24)(H2,21,25,26). The van der Waals surface area contributed by atoms with Crippen molar-refractivity contribution in [3.8, 4) is 0 Å². The zero-order valence-corrected chi connectivity index (χ0v) is 18.4. The first-order valence-corrected chi connectivity index (χ1v) is 12.6. The number of benzene rings is 2. The van der Waals surface area contributed by atoms with Gasteiger partial charge in [-0.25, -0.2) is 22.0 Å². The molecule has 1 heterocycles. The van der Waals surface area contributed by atoms with Crippen LogP contribution in [-0.2, 0) is 26.6 Å². The zero-order chi connectivity index (χ0) is 21.9. The lowest BCUT2D eigenvalue weighted by Gasteiger charge is -2.26. The molecule has 1 saturated heterocycles. The van der Waals surface area contributed by atoms with E-state index >= 15 is 0 Å². The van der Waals surface area contributed by atoms with Crippen LogP contribution in [0.4, 0.5) is 0 Å². The monoisotopic (exact) mass is 471 g/mol. The molecule has 3 rings (SSSR count). The lowest BCUT2D eigenvalue weighted by Crippen LogP contribution is -2.35. The number of hydrogen-bond acceptors (Lipinski definition) is 5. The quantitative estimate of drug-likeness (QED) is 0.666. The van der Waals surface area contributed by atoms with E-state index in [2.05, 4.69) is 5.32 Å². The van der Waals surface area contributed by atoms with Crippen molar-refractivity contribution in [2.24, 2.45) is 5.14 Å². The molecule has 0 radical (unpaired) electrons. The molecule has 2 aromatic rings. The van der Waals surface area contributed by atoms with Gasteiger partial charge in [0.15, 0.2) is 0 Å². The van der Waals surface area contributed by atoms with Gasteiger partial charge in [-0.05, 0) is 48.7 Å². The summed E-state index contributed by atoms with van der Waals surface area (Å²) in [6, 6.07) is 9.82. The second-order valence-electron chi connectivity index (χ2n) is 6.98. The van der Waals surface area contributed by atoms with Crippen LogP contribution in [0.5, 0.6) is 0 Å². The molecule has 3 N–H and O–H groups in total. The predicted molar refractivity (Wildman–Crippen MR) is 113 cm³/mol. The van der Waals surface area contributed by atoms with Crippen LogP contribution in [0.15, 0.2) is 52.3 Å². The van der Waals surface area contributed by atoms with Crippen molar-refractivity contribution in [3.05, 3.63) is 58.6 Å². The molecule has 0 saturated carbocycles. The van der Waals surface area contributed by atoms with Crippen LogP contribution >= 0.6 is 11.6 Å². The molecule has 8 nitrogen and oxygen atoms in total. The van der Waals surface area contributed by atoms with Crippen LogP contribution in [0, 0.1) is 0 Å². The van der Waals surface area contributed by atoms with Crippen LogP contribution in [0.3, 0.4) is 0 Å². The number of rotatable bonds is 6. The van der Waals surface area contributed by atoms with Gasteiger partial charge >= 0.3 is 0 Å². The second-order valence-corrected chi connectivity index (χ2v) is 10.9. The van der Waals surface area contributed by atoms with Gasteiger partial charge < -0.3 is 5.32 Å². The maximum absolute atomic E-state index is 12.9. The van der Waals surface area contributed by atoms with Crippen molar-refractivity contribution >= 4 is 37.6 Å². The Balaban J connectivity index is 1.75. The fraction of sp³-hybridized carbons (Fsp3) is 0.316. The largest absolute Gasteiger partial charge is 0.348 e. The molecule has 1 fully saturated rings. The maximum Gasteiger partial charge on any atom is 0.253 e. The summed E-state index contributed by atoms with van der Waals surface area (Å²) in [7, 11) is -7.49. The smallest absolute Gasteiger partial charge is 0.253 e.